The summed E-state index contributed by atoms with van der Waals surface area (Å²) in [6, 6.07) is 6.73. The van der Waals surface area contributed by atoms with Gasteiger partial charge in [0.25, 0.3) is 0 Å². The highest BCUT2D eigenvalue weighted by atomic mass is 32.1. The molecule has 0 bridgehead atoms. The van der Waals surface area contributed by atoms with Crippen LogP contribution < -0.4 is 10.1 Å². The number of ketones is 1. The van der Waals surface area contributed by atoms with E-state index in [1.54, 1.807) is 24.6 Å². The molecule has 0 fully saturated rings. The zero-order chi connectivity index (χ0) is 18.2. The Bertz CT molecular complexity index is 828. The molecule has 0 saturated heterocycles. The Hall–Kier alpha value is -2.48. The minimum absolute atomic E-state index is 0.0140. The van der Waals surface area contributed by atoms with Gasteiger partial charge in [0.05, 0.1) is 23.1 Å². The van der Waals surface area contributed by atoms with E-state index in [1.807, 2.05) is 0 Å². The molecule has 1 aromatic heterocycles. The molecule has 1 unspecified atom stereocenters. The summed E-state index contributed by atoms with van der Waals surface area (Å²) < 4.78 is 50.0. The van der Waals surface area contributed by atoms with Crippen LogP contribution in [0.1, 0.15) is 22.1 Å². The topological polar surface area (TPSA) is 47.6 Å². The first-order valence-corrected chi connectivity index (χ1v) is 8.16. The fraction of sp³-hybridized carbons (Fsp3) is 0.235. The second-order valence-electron chi connectivity index (χ2n) is 5.28. The van der Waals surface area contributed by atoms with E-state index in [0.717, 1.165) is 12.1 Å². The fourth-order valence-electron chi connectivity index (χ4n) is 2.58. The molecule has 1 aromatic carbocycles. The van der Waals surface area contributed by atoms with E-state index in [4.69, 9.17) is 9.47 Å². The number of hydrogen-bond acceptors (Lipinski definition) is 5. The summed E-state index contributed by atoms with van der Waals surface area (Å²) in [5.74, 6) is -0.238. The van der Waals surface area contributed by atoms with E-state index in [-0.39, 0.29) is 22.8 Å². The summed E-state index contributed by atoms with van der Waals surface area (Å²) in [6.07, 6.45) is -5.42. The van der Waals surface area contributed by atoms with Crippen LogP contribution in [0, 0.1) is 0 Å². The SMILES string of the molecule is CNC1=C(c2cc(OC)cc(C(F)(F)F)c2)C(=O)C(c2cccs2)O1. The Labute approximate surface area is 145 Å². The van der Waals surface area contributed by atoms with Crippen molar-refractivity contribution in [3.05, 3.63) is 57.6 Å². The highest BCUT2D eigenvalue weighted by Crippen LogP contribution is 2.41. The number of benzene rings is 1. The second-order valence-corrected chi connectivity index (χ2v) is 6.26. The molecule has 1 N–H and O–H groups in total. The maximum absolute atomic E-state index is 13.1. The first-order valence-electron chi connectivity index (χ1n) is 7.28. The van der Waals surface area contributed by atoms with Crippen LogP contribution in [0.15, 0.2) is 41.6 Å². The average Bonchev–Trinajstić information content (AvgIpc) is 3.20. The minimum atomic E-state index is -4.56. The summed E-state index contributed by atoms with van der Waals surface area (Å²) >= 11 is 1.34. The van der Waals surface area contributed by atoms with Gasteiger partial charge in [-0.3, -0.25) is 4.79 Å². The molecule has 25 heavy (non-hydrogen) atoms. The quantitative estimate of drug-likeness (QED) is 0.885. The van der Waals surface area contributed by atoms with Crippen LogP contribution in [0.3, 0.4) is 0 Å². The molecule has 1 aliphatic rings. The number of halogens is 3. The first-order chi connectivity index (χ1) is 11.8. The Kier molecular flexibility index (Phi) is 4.47. The summed E-state index contributed by atoms with van der Waals surface area (Å²) in [7, 11) is 2.82. The first kappa shape index (κ1) is 17.3. The van der Waals surface area contributed by atoms with Gasteiger partial charge in [-0.15, -0.1) is 11.3 Å². The lowest BCUT2D eigenvalue weighted by Crippen LogP contribution is -2.10. The predicted molar refractivity (Wildman–Crippen MR) is 87.1 cm³/mol. The number of nitrogens with one attached hydrogen (secondary N) is 1. The molecular formula is C17H14F3NO3S. The van der Waals surface area contributed by atoms with E-state index in [9.17, 15) is 18.0 Å². The van der Waals surface area contributed by atoms with Gasteiger partial charge in [-0.25, -0.2) is 0 Å². The molecule has 4 nitrogen and oxygen atoms in total. The van der Waals surface area contributed by atoms with Gasteiger partial charge in [-0.2, -0.15) is 13.2 Å². The van der Waals surface area contributed by atoms with Gasteiger partial charge < -0.3 is 14.8 Å². The van der Waals surface area contributed by atoms with Crippen LogP contribution in [0.25, 0.3) is 5.57 Å². The maximum Gasteiger partial charge on any atom is 0.416 e. The van der Waals surface area contributed by atoms with Crippen LogP contribution in [-0.4, -0.2) is 19.9 Å². The third-order valence-electron chi connectivity index (χ3n) is 3.73. The Morgan fingerprint density at radius 2 is 2.04 bits per heavy atom. The second kappa shape index (κ2) is 6.44. The maximum atomic E-state index is 13.1. The number of carbonyl (C=O) groups is 1. The molecule has 0 aliphatic carbocycles. The van der Waals surface area contributed by atoms with Crippen molar-refractivity contribution in [1.82, 2.24) is 5.32 Å². The highest BCUT2D eigenvalue weighted by Gasteiger charge is 2.39. The number of rotatable bonds is 4. The number of carbonyl (C=O) groups excluding carboxylic acids is 1. The van der Waals surface area contributed by atoms with Crippen molar-refractivity contribution in [2.45, 2.75) is 12.3 Å². The summed E-state index contributed by atoms with van der Waals surface area (Å²) in [6.45, 7) is 0. The van der Waals surface area contributed by atoms with Crippen LogP contribution in [0.5, 0.6) is 5.75 Å². The number of ether oxygens (including phenoxy) is 2. The van der Waals surface area contributed by atoms with Crippen molar-refractivity contribution < 1.29 is 27.4 Å². The Morgan fingerprint density at radius 1 is 1.28 bits per heavy atom. The van der Waals surface area contributed by atoms with Crippen molar-refractivity contribution in [3.63, 3.8) is 0 Å². The van der Waals surface area contributed by atoms with Crippen molar-refractivity contribution in [1.29, 1.82) is 0 Å². The zero-order valence-corrected chi connectivity index (χ0v) is 14.1. The summed E-state index contributed by atoms with van der Waals surface area (Å²) in [4.78, 5) is 13.5. The van der Waals surface area contributed by atoms with Gasteiger partial charge in [-0.05, 0) is 35.2 Å². The molecule has 1 atom stereocenters. The standard InChI is InChI=1S/C17H14F3NO3S/c1-21-16-13(14(22)15(24-16)12-4-3-5-25-12)9-6-10(17(18,19)20)8-11(7-9)23-2/h3-8,15,21H,1-2H3. The lowest BCUT2D eigenvalue weighted by molar-refractivity contribution is -0.137. The number of thiophene rings is 1. The molecule has 2 aromatic rings. The van der Waals surface area contributed by atoms with Crippen molar-refractivity contribution in [2.75, 3.05) is 14.2 Å². The zero-order valence-electron chi connectivity index (χ0n) is 13.3. The summed E-state index contributed by atoms with van der Waals surface area (Å²) in [5.41, 5.74) is -0.720. The van der Waals surface area contributed by atoms with Crippen molar-refractivity contribution in [2.24, 2.45) is 0 Å². The lowest BCUT2D eigenvalue weighted by Gasteiger charge is -2.12. The number of methoxy groups -OCH3 is 1. The van der Waals surface area contributed by atoms with E-state index < -0.39 is 23.6 Å². The smallest absolute Gasteiger partial charge is 0.416 e. The van der Waals surface area contributed by atoms with Crippen molar-refractivity contribution >= 4 is 22.7 Å². The Balaban J connectivity index is 2.09. The van der Waals surface area contributed by atoms with Crippen LogP contribution in [-0.2, 0) is 15.7 Å². The largest absolute Gasteiger partial charge is 0.497 e. The van der Waals surface area contributed by atoms with Gasteiger partial charge in [0, 0.05) is 7.05 Å². The number of alkyl halides is 3. The van der Waals surface area contributed by atoms with Gasteiger partial charge in [0.2, 0.25) is 5.78 Å². The van der Waals surface area contributed by atoms with E-state index in [1.165, 1.54) is 24.5 Å². The van der Waals surface area contributed by atoms with Gasteiger partial charge in [0.1, 0.15) is 5.75 Å². The van der Waals surface area contributed by atoms with Crippen molar-refractivity contribution in [3.8, 4) is 5.75 Å². The number of Topliss-reactive ketones (excluding diaryl/α,β-unsaturated/α-hetero) is 1. The third-order valence-corrected chi connectivity index (χ3v) is 4.65. The van der Waals surface area contributed by atoms with E-state index >= 15 is 0 Å². The molecule has 1 aliphatic heterocycles. The van der Waals surface area contributed by atoms with Gasteiger partial charge >= 0.3 is 6.18 Å². The molecule has 2 heterocycles. The lowest BCUT2D eigenvalue weighted by atomic mass is 9.97. The van der Waals surface area contributed by atoms with Gasteiger partial charge in [-0.1, -0.05) is 6.07 Å². The molecular weight excluding hydrogens is 355 g/mol. The molecule has 0 spiro atoms. The number of hydrogen-bond donors (Lipinski definition) is 1. The summed E-state index contributed by atoms with van der Waals surface area (Å²) in [5, 5.41) is 4.55. The Morgan fingerprint density at radius 3 is 2.60 bits per heavy atom. The predicted octanol–water partition coefficient (Wildman–Crippen LogP) is 4.00. The third kappa shape index (κ3) is 3.21. The van der Waals surface area contributed by atoms with E-state index in [0.29, 0.717) is 4.88 Å². The normalized spacial score (nSPS) is 17.6. The van der Waals surface area contributed by atoms with E-state index in [2.05, 4.69) is 5.32 Å². The van der Waals surface area contributed by atoms with Crippen LogP contribution in [0.2, 0.25) is 0 Å². The van der Waals surface area contributed by atoms with Crippen LogP contribution in [0.4, 0.5) is 13.2 Å². The highest BCUT2D eigenvalue weighted by molar-refractivity contribution is 7.10. The molecule has 3 rings (SSSR count). The minimum Gasteiger partial charge on any atom is -0.497 e. The molecule has 132 valence electrons. The van der Waals surface area contributed by atoms with Crippen LogP contribution >= 0.6 is 11.3 Å². The molecule has 0 saturated carbocycles. The molecule has 0 amide bonds. The fourth-order valence-corrected chi connectivity index (χ4v) is 3.33. The average molecular weight is 369 g/mol. The monoisotopic (exact) mass is 369 g/mol. The molecule has 0 radical (unpaired) electrons. The molecule has 8 heteroatoms. The van der Waals surface area contributed by atoms with Gasteiger partial charge in [0.15, 0.2) is 12.0 Å².